The van der Waals surface area contributed by atoms with E-state index in [0.29, 0.717) is 49.2 Å². The van der Waals surface area contributed by atoms with E-state index in [4.69, 9.17) is 0 Å². The smallest absolute Gasteiger partial charge is 0.368 e. The molecule has 5 rings (SSSR count). The van der Waals surface area contributed by atoms with Crippen LogP contribution in [0.4, 0.5) is 18.9 Å². The lowest BCUT2D eigenvalue weighted by Gasteiger charge is -2.35. The van der Waals surface area contributed by atoms with Crippen LogP contribution in [0.3, 0.4) is 0 Å². The zero-order valence-electron chi connectivity index (χ0n) is 19.4. The van der Waals surface area contributed by atoms with Crippen LogP contribution in [-0.2, 0) is 4.79 Å². The third-order valence-electron chi connectivity index (χ3n) is 7.55. The summed E-state index contributed by atoms with van der Waals surface area (Å²) in [6.45, 7) is 1.43. The minimum absolute atomic E-state index is 0.0222. The van der Waals surface area contributed by atoms with Crippen molar-refractivity contribution in [2.45, 2.75) is 56.2 Å². The first kappa shape index (κ1) is 24.7. The molecule has 4 aliphatic rings. The van der Waals surface area contributed by atoms with Gasteiger partial charge in [-0.2, -0.15) is 30.2 Å². The number of anilines is 1. The average molecular weight is 509 g/mol. The first-order valence-electron chi connectivity index (χ1n) is 12.3. The number of nitriles is 1. The number of halogens is 3. The zero-order valence-corrected chi connectivity index (χ0v) is 20.2. The Morgan fingerprint density at radius 3 is 2.51 bits per heavy atom. The SMILES string of the molecule is N#CC[C@@H](C1CC1)N1NC(Nc2ccc(C(N3CCSCC3)C(F)(F)F)cc2)C2C(=O)NCCC21. The molecule has 1 aromatic rings. The van der Waals surface area contributed by atoms with Gasteiger partial charge in [-0.25, -0.2) is 10.4 Å². The lowest BCUT2D eigenvalue weighted by Crippen LogP contribution is -2.52. The molecule has 1 aromatic carbocycles. The third-order valence-corrected chi connectivity index (χ3v) is 8.50. The highest BCUT2D eigenvalue weighted by Crippen LogP contribution is 2.42. The Labute approximate surface area is 207 Å². The van der Waals surface area contributed by atoms with Gasteiger partial charge in [0.05, 0.1) is 18.4 Å². The summed E-state index contributed by atoms with van der Waals surface area (Å²) in [5, 5.41) is 17.8. The van der Waals surface area contributed by atoms with Crippen molar-refractivity contribution in [2.24, 2.45) is 11.8 Å². The van der Waals surface area contributed by atoms with Gasteiger partial charge in [0.15, 0.2) is 0 Å². The second kappa shape index (κ2) is 10.2. The van der Waals surface area contributed by atoms with Gasteiger partial charge >= 0.3 is 6.18 Å². The Morgan fingerprint density at radius 2 is 1.89 bits per heavy atom. The molecule has 190 valence electrons. The molecule has 0 radical (unpaired) electrons. The summed E-state index contributed by atoms with van der Waals surface area (Å²) >= 11 is 1.68. The zero-order chi connectivity index (χ0) is 24.6. The number of nitrogens with one attached hydrogen (secondary N) is 3. The van der Waals surface area contributed by atoms with Gasteiger partial charge in [-0.05, 0) is 42.9 Å². The van der Waals surface area contributed by atoms with Crippen molar-refractivity contribution in [3.05, 3.63) is 29.8 Å². The first-order valence-corrected chi connectivity index (χ1v) is 13.5. The molecule has 3 heterocycles. The number of hydrogen-bond acceptors (Lipinski definition) is 7. The van der Waals surface area contributed by atoms with Gasteiger partial charge in [-0.3, -0.25) is 9.69 Å². The molecule has 1 aliphatic carbocycles. The quantitative estimate of drug-likeness (QED) is 0.522. The van der Waals surface area contributed by atoms with E-state index in [1.807, 2.05) is 0 Å². The van der Waals surface area contributed by atoms with Crippen LogP contribution in [0.25, 0.3) is 0 Å². The van der Waals surface area contributed by atoms with Crippen LogP contribution in [0.5, 0.6) is 0 Å². The number of hydrazine groups is 1. The van der Waals surface area contributed by atoms with Gasteiger partial charge in [-0.15, -0.1) is 0 Å². The minimum Gasteiger partial charge on any atom is -0.368 e. The number of fused-ring (bicyclic) bond motifs is 1. The third kappa shape index (κ3) is 5.26. The highest BCUT2D eigenvalue weighted by molar-refractivity contribution is 7.99. The predicted octanol–water partition coefficient (Wildman–Crippen LogP) is 3.09. The lowest BCUT2D eigenvalue weighted by atomic mass is 9.90. The maximum atomic E-state index is 14.0. The summed E-state index contributed by atoms with van der Waals surface area (Å²) in [6, 6.07) is 7.12. The number of thioether (sulfide) groups is 1. The second-order valence-corrected chi connectivity index (χ2v) is 11.0. The number of rotatable bonds is 7. The van der Waals surface area contributed by atoms with E-state index in [1.165, 1.54) is 17.0 Å². The summed E-state index contributed by atoms with van der Waals surface area (Å²) in [7, 11) is 0. The summed E-state index contributed by atoms with van der Waals surface area (Å²) < 4.78 is 41.9. The molecule has 1 saturated carbocycles. The van der Waals surface area contributed by atoms with Crippen molar-refractivity contribution in [3.63, 3.8) is 0 Å². The Morgan fingerprint density at radius 1 is 1.17 bits per heavy atom. The number of amides is 1. The predicted molar refractivity (Wildman–Crippen MR) is 128 cm³/mol. The highest BCUT2D eigenvalue weighted by atomic mass is 32.2. The molecule has 1 amide bonds. The fraction of sp³-hybridized carbons (Fsp3) is 0.667. The van der Waals surface area contributed by atoms with Crippen LogP contribution in [0, 0.1) is 23.2 Å². The number of nitrogens with zero attached hydrogens (tertiary/aromatic N) is 3. The van der Waals surface area contributed by atoms with Crippen molar-refractivity contribution in [1.82, 2.24) is 20.7 Å². The summed E-state index contributed by atoms with van der Waals surface area (Å²) in [4.78, 5) is 14.3. The van der Waals surface area contributed by atoms with Gasteiger partial charge in [0.2, 0.25) is 5.91 Å². The molecular formula is C24H31F3N6OS. The molecule has 3 N–H and O–H groups in total. The standard InChI is InChI=1S/C24H31F3N6OS/c25-24(26,27)21(32-11-13-35-14-12-32)16-3-5-17(6-4-16)30-22-20-19(8-10-29-23(20)34)33(31-22)18(7-9-28)15-1-2-15/h3-6,15,18-22,30-31H,1-2,7-8,10-14H2,(H,29,34)/t18-,19?,20?,21?,22?/m0/s1. The van der Waals surface area contributed by atoms with Gasteiger partial charge in [0.1, 0.15) is 12.2 Å². The van der Waals surface area contributed by atoms with Crippen LogP contribution < -0.4 is 16.1 Å². The maximum Gasteiger partial charge on any atom is 0.408 e. The molecule has 4 unspecified atom stereocenters. The fourth-order valence-electron chi connectivity index (χ4n) is 5.75. The largest absolute Gasteiger partial charge is 0.408 e. The summed E-state index contributed by atoms with van der Waals surface area (Å²) in [5.74, 6) is 1.47. The van der Waals surface area contributed by atoms with E-state index in [0.717, 1.165) is 19.3 Å². The Kier molecular flexibility index (Phi) is 7.17. The van der Waals surface area contributed by atoms with Crippen LogP contribution in [0.1, 0.15) is 37.3 Å². The molecule has 4 fully saturated rings. The Bertz CT molecular complexity index is 944. The van der Waals surface area contributed by atoms with E-state index in [1.54, 1.807) is 23.9 Å². The fourth-order valence-corrected chi connectivity index (χ4v) is 6.68. The normalized spacial score (nSPS) is 29.7. The van der Waals surface area contributed by atoms with Crippen LogP contribution in [0.15, 0.2) is 24.3 Å². The van der Waals surface area contributed by atoms with Gasteiger partial charge in [0.25, 0.3) is 0 Å². The van der Waals surface area contributed by atoms with Crippen LogP contribution in [0.2, 0.25) is 0 Å². The van der Waals surface area contributed by atoms with Gasteiger partial charge in [-0.1, -0.05) is 12.1 Å². The molecule has 0 spiro atoms. The van der Waals surface area contributed by atoms with Crippen LogP contribution >= 0.6 is 11.8 Å². The Balaban J connectivity index is 1.33. The van der Waals surface area contributed by atoms with E-state index in [9.17, 15) is 23.2 Å². The maximum absolute atomic E-state index is 14.0. The van der Waals surface area contributed by atoms with Gasteiger partial charge in [0, 0.05) is 48.9 Å². The molecule has 0 bridgehead atoms. The number of alkyl halides is 3. The second-order valence-electron chi connectivity index (χ2n) is 9.81. The highest BCUT2D eigenvalue weighted by Gasteiger charge is 2.52. The summed E-state index contributed by atoms with van der Waals surface area (Å²) in [6.07, 6.45) is -1.39. The Hall–Kier alpha value is -2.00. The number of carbonyl (C=O) groups excluding carboxylic acids is 1. The molecule has 7 nitrogen and oxygen atoms in total. The van der Waals surface area contributed by atoms with Crippen LogP contribution in [-0.4, -0.2) is 71.4 Å². The minimum atomic E-state index is -4.35. The van der Waals surface area contributed by atoms with Crippen molar-refractivity contribution < 1.29 is 18.0 Å². The molecule has 0 aromatic heterocycles. The van der Waals surface area contributed by atoms with Crippen molar-refractivity contribution in [2.75, 3.05) is 36.5 Å². The number of carbonyl (C=O) groups is 1. The number of hydrogen-bond donors (Lipinski definition) is 3. The van der Waals surface area contributed by atoms with Crippen molar-refractivity contribution in [1.29, 1.82) is 5.26 Å². The van der Waals surface area contributed by atoms with Gasteiger partial charge < -0.3 is 10.6 Å². The molecule has 3 aliphatic heterocycles. The van der Waals surface area contributed by atoms with E-state index in [-0.39, 0.29) is 29.5 Å². The molecule has 11 heteroatoms. The monoisotopic (exact) mass is 508 g/mol. The van der Waals surface area contributed by atoms with Crippen molar-refractivity contribution in [3.8, 4) is 6.07 Å². The summed E-state index contributed by atoms with van der Waals surface area (Å²) in [5.41, 5.74) is 4.34. The topological polar surface area (TPSA) is 83.4 Å². The van der Waals surface area contributed by atoms with E-state index >= 15 is 0 Å². The van der Waals surface area contributed by atoms with Crippen molar-refractivity contribution >= 4 is 23.4 Å². The molecular weight excluding hydrogens is 477 g/mol. The molecule has 5 atom stereocenters. The number of piperidine rings is 1. The average Bonchev–Trinajstić information content (AvgIpc) is 3.61. The lowest BCUT2D eigenvalue weighted by molar-refractivity contribution is -0.185. The molecule has 35 heavy (non-hydrogen) atoms. The first-order chi connectivity index (χ1) is 16.9. The molecule has 3 saturated heterocycles. The van der Waals surface area contributed by atoms with E-state index in [2.05, 4.69) is 27.1 Å². The number of benzene rings is 1. The van der Waals surface area contributed by atoms with E-state index < -0.39 is 18.4 Å².